The van der Waals surface area contributed by atoms with Gasteiger partial charge in [-0.2, -0.15) is 0 Å². The molecule has 0 heterocycles. The molecule has 0 aromatic heterocycles. The number of methoxy groups -OCH3 is 1. The lowest BCUT2D eigenvalue weighted by Gasteiger charge is -2.18. The summed E-state index contributed by atoms with van der Waals surface area (Å²) in [5, 5.41) is 6.08. The van der Waals surface area contributed by atoms with E-state index in [-0.39, 0.29) is 24.8 Å². The summed E-state index contributed by atoms with van der Waals surface area (Å²) >= 11 is 0. The molecule has 0 radical (unpaired) electrons. The predicted octanol–water partition coefficient (Wildman–Crippen LogP) is 4.12. The number of fused-ring (bicyclic) bond motifs is 1. The molecule has 0 unspecified atom stereocenters. The normalized spacial score (nSPS) is 10.3. The van der Waals surface area contributed by atoms with Crippen molar-refractivity contribution in [3.63, 3.8) is 0 Å². The van der Waals surface area contributed by atoms with Crippen molar-refractivity contribution in [1.82, 2.24) is 10.2 Å². The number of rotatable bonds is 8. The summed E-state index contributed by atoms with van der Waals surface area (Å²) in [6.07, 6.45) is 0. The van der Waals surface area contributed by atoms with Crippen molar-refractivity contribution in [3.05, 3.63) is 42.0 Å². The van der Waals surface area contributed by atoms with Crippen LogP contribution in [0.5, 0.6) is 5.75 Å². The lowest BCUT2D eigenvalue weighted by atomic mass is 10.0. The second kappa shape index (κ2) is 11.5. The fraction of sp³-hybridized carbons (Fsp3) is 0.444. The highest BCUT2D eigenvalue weighted by Crippen LogP contribution is 2.27. The van der Waals surface area contributed by atoms with Crippen molar-refractivity contribution < 1.29 is 4.74 Å². The van der Waals surface area contributed by atoms with Crippen LogP contribution < -0.4 is 10.1 Å². The van der Waals surface area contributed by atoms with Gasteiger partial charge in [0.1, 0.15) is 5.75 Å². The van der Waals surface area contributed by atoms with Crippen molar-refractivity contribution in [3.8, 4) is 5.75 Å². The molecule has 0 aliphatic heterocycles. The van der Waals surface area contributed by atoms with Gasteiger partial charge in [-0.05, 0) is 29.9 Å². The minimum Gasteiger partial charge on any atom is -0.496 e. The monoisotopic (exact) mass is 358 g/mol. The number of halogens is 2. The molecule has 0 bridgehead atoms. The van der Waals surface area contributed by atoms with Crippen molar-refractivity contribution >= 4 is 35.6 Å². The summed E-state index contributed by atoms with van der Waals surface area (Å²) < 4.78 is 5.52. The van der Waals surface area contributed by atoms with Gasteiger partial charge in [0, 0.05) is 25.2 Å². The third-order valence-electron chi connectivity index (χ3n) is 4.02. The summed E-state index contributed by atoms with van der Waals surface area (Å²) in [5.41, 5.74) is 1.25. The Morgan fingerprint density at radius 3 is 2.35 bits per heavy atom. The van der Waals surface area contributed by atoms with Crippen LogP contribution in [0, 0.1) is 0 Å². The van der Waals surface area contributed by atoms with Crippen LogP contribution in [0.15, 0.2) is 36.4 Å². The van der Waals surface area contributed by atoms with Crippen LogP contribution in [0.3, 0.4) is 0 Å². The highest BCUT2D eigenvalue weighted by Gasteiger charge is 2.07. The van der Waals surface area contributed by atoms with Crippen LogP contribution in [0.2, 0.25) is 0 Å². The quantitative estimate of drug-likeness (QED) is 0.718. The molecule has 0 aliphatic carbocycles. The van der Waals surface area contributed by atoms with E-state index in [2.05, 4.69) is 60.5 Å². The fourth-order valence-electron chi connectivity index (χ4n) is 2.68. The van der Waals surface area contributed by atoms with Gasteiger partial charge < -0.3 is 15.0 Å². The summed E-state index contributed by atoms with van der Waals surface area (Å²) in [7, 11) is 1.74. The first-order chi connectivity index (χ1) is 10.3. The molecule has 1 N–H and O–H groups in total. The first-order valence-corrected chi connectivity index (χ1v) is 7.77. The first kappa shape index (κ1) is 22.0. The molecule has 0 saturated heterocycles. The molecule has 0 amide bonds. The standard InChI is InChI=1S/C18H26N2O.2ClH/c1-4-20(5-2)13-12-19-14-17-16-9-7-6-8-15(16)10-11-18(17)21-3;;/h6-11,19H,4-5,12-14H2,1-3H3;2*1H. The third kappa shape index (κ3) is 5.85. The highest BCUT2D eigenvalue weighted by molar-refractivity contribution is 5.87. The number of nitrogens with one attached hydrogen (secondary N) is 1. The van der Waals surface area contributed by atoms with Crippen molar-refractivity contribution in [1.29, 1.82) is 0 Å². The second-order valence-corrected chi connectivity index (χ2v) is 5.17. The molecular formula is C18H28Cl2N2O. The average molecular weight is 359 g/mol. The van der Waals surface area contributed by atoms with Gasteiger partial charge in [-0.15, -0.1) is 24.8 Å². The molecular weight excluding hydrogens is 331 g/mol. The molecule has 0 atom stereocenters. The predicted molar refractivity (Wildman–Crippen MR) is 104 cm³/mol. The molecule has 0 spiro atoms. The maximum atomic E-state index is 5.52. The average Bonchev–Trinajstić information content (AvgIpc) is 2.54. The lowest BCUT2D eigenvalue weighted by molar-refractivity contribution is 0.302. The maximum absolute atomic E-state index is 5.52. The van der Waals surface area contributed by atoms with E-state index in [0.29, 0.717) is 0 Å². The van der Waals surface area contributed by atoms with E-state index in [1.54, 1.807) is 7.11 Å². The Bertz CT molecular complexity index is 574. The van der Waals surface area contributed by atoms with Crippen LogP contribution in [-0.4, -0.2) is 38.2 Å². The molecule has 3 nitrogen and oxygen atoms in total. The molecule has 5 heteroatoms. The molecule has 2 aromatic rings. The number of ether oxygens (including phenoxy) is 1. The first-order valence-electron chi connectivity index (χ1n) is 7.77. The Balaban J connectivity index is 0.00000242. The number of hydrogen-bond acceptors (Lipinski definition) is 3. The fourth-order valence-corrected chi connectivity index (χ4v) is 2.68. The molecule has 130 valence electrons. The van der Waals surface area contributed by atoms with Crippen molar-refractivity contribution in [2.24, 2.45) is 0 Å². The van der Waals surface area contributed by atoms with Crippen molar-refractivity contribution in [2.75, 3.05) is 33.3 Å². The molecule has 0 aliphatic rings. The Kier molecular flexibility index (Phi) is 11.0. The third-order valence-corrected chi connectivity index (χ3v) is 4.02. The van der Waals surface area contributed by atoms with E-state index < -0.39 is 0 Å². The topological polar surface area (TPSA) is 24.5 Å². The van der Waals surface area contributed by atoms with Crippen LogP contribution in [0.25, 0.3) is 10.8 Å². The van der Waals surface area contributed by atoms with Gasteiger partial charge in [-0.25, -0.2) is 0 Å². The number of likely N-dealkylation sites (N-methyl/N-ethyl adjacent to an activating group) is 1. The van der Waals surface area contributed by atoms with E-state index in [4.69, 9.17) is 4.74 Å². The summed E-state index contributed by atoms with van der Waals surface area (Å²) in [5.74, 6) is 0.962. The molecule has 0 fully saturated rings. The molecule has 2 aromatic carbocycles. The Labute approximate surface area is 152 Å². The van der Waals surface area contributed by atoms with Gasteiger partial charge in [0.05, 0.1) is 7.11 Å². The van der Waals surface area contributed by atoms with Crippen molar-refractivity contribution in [2.45, 2.75) is 20.4 Å². The summed E-state index contributed by atoms with van der Waals surface area (Å²) in [4.78, 5) is 2.42. The summed E-state index contributed by atoms with van der Waals surface area (Å²) in [6.45, 7) is 9.54. The molecule has 2 rings (SSSR count). The lowest BCUT2D eigenvalue weighted by Crippen LogP contribution is -2.31. The zero-order valence-electron chi connectivity index (χ0n) is 14.2. The van der Waals surface area contributed by atoms with Crippen LogP contribution in [0.1, 0.15) is 19.4 Å². The Morgan fingerprint density at radius 1 is 1.00 bits per heavy atom. The van der Waals surface area contributed by atoms with Gasteiger partial charge in [0.2, 0.25) is 0 Å². The minimum atomic E-state index is 0. The molecule has 0 saturated carbocycles. The Hall–Kier alpha value is -1.000. The van der Waals surface area contributed by atoms with Gasteiger partial charge in [-0.1, -0.05) is 44.2 Å². The van der Waals surface area contributed by atoms with Crippen LogP contribution in [-0.2, 0) is 6.54 Å². The smallest absolute Gasteiger partial charge is 0.123 e. The van der Waals surface area contributed by atoms with E-state index >= 15 is 0 Å². The maximum Gasteiger partial charge on any atom is 0.123 e. The zero-order chi connectivity index (χ0) is 15.1. The zero-order valence-corrected chi connectivity index (χ0v) is 15.8. The summed E-state index contributed by atoms with van der Waals surface area (Å²) in [6, 6.07) is 12.7. The van der Waals surface area contributed by atoms with Gasteiger partial charge >= 0.3 is 0 Å². The van der Waals surface area contributed by atoms with Gasteiger partial charge in [0.25, 0.3) is 0 Å². The van der Waals surface area contributed by atoms with E-state index in [1.807, 2.05) is 0 Å². The van der Waals surface area contributed by atoms with Gasteiger partial charge in [0.15, 0.2) is 0 Å². The SMILES string of the molecule is CCN(CC)CCNCc1c(OC)ccc2ccccc12.Cl.Cl. The largest absolute Gasteiger partial charge is 0.496 e. The van der Waals surface area contributed by atoms with E-state index in [1.165, 1.54) is 16.3 Å². The van der Waals surface area contributed by atoms with Crippen LogP contribution in [0.4, 0.5) is 0 Å². The number of nitrogens with zero attached hydrogens (tertiary/aromatic N) is 1. The number of hydrogen-bond donors (Lipinski definition) is 1. The highest BCUT2D eigenvalue weighted by atomic mass is 35.5. The number of benzene rings is 2. The van der Waals surface area contributed by atoms with E-state index in [0.717, 1.165) is 38.5 Å². The second-order valence-electron chi connectivity index (χ2n) is 5.17. The Morgan fingerprint density at radius 2 is 1.70 bits per heavy atom. The molecule has 23 heavy (non-hydrogen) atoms. The van der Waals surface area contributed by atoms with E-state index in [9.17, 15) is 0 Å². The van der Waals surface area contributed by atoms with Crippen LogP contribution >= 0.6 is 24.8 Å². The minimum absolute atomic E-state index is 0. The van der Waals surface area contributed by atoms with Gasteiger partial charge in [-0.3, -0.25) is 0 Å².